The molecule has 0 saturated carbocycles. The number of phenols is 1. The van der Waals surface area contributed by atoms with Gasteiger partial charge in [0.1, 0.15) is 5.56 Å². The van der Waals surface area contributed by atoms with Crippen LogP contribution in [0.1, 0.15) is 15.9 Å². The number of nitrogens with one attached hydrogen (secondary N) is 2. The van der Waals surface area contributed by atoms with Crippen molar-refractivity contribution in [3.8, 4) is 5.75 Å². The molecule has 0 atom stereocenters. The summed E-state index contributed by atoms with van der Waals surface area (Å²) in [5.74, 6) is -1.13. The third kappa shape index (κ3) is 3.18. The van der Waals surface area contributed by atoms with Crippen molar-refractivity contribution in [2.24, 2.45) is 0 Å². The minimum absolute atomic E-state index is 0.0136. The number of carbonyl (C=O) groups is 1. The average Bonchev–Trinajstić information content (AvgIpc) is 2.54. The van der Waals surface area contributed by atoms with E-state index in [1.165, 1.54) is 30.3 Å². The maximum Gasteiger partial charge on any atom is 0.418 e. The molecular formula is C17H11F3N2O3. The summed E-state index contributed by atoms with van der Waals surface area (Å²) in [4.78, 5) is 12.3. The van der Waals surface area contributed by atoms with Gasteiger partial charge in [-0.2, -0.15) is 13.2 Å². The van der Waals surface area contributed by atoms with Gasteiger partial charge in [0.05, 0.1) is 11.3 Å². The predicted octanol–water partition coefficient (Wildman–Crippen LogP) is 3.89. The Morgan fingerprint density at radius 3 is 2.56 bits per heavy atom. The van der Waals surface area contributed by atoms with Crippen molar-refractivity contribution in [1.82, 2.24) is 0 Å². The Kier molecular flexibility index (Phi) is 3.96. The van der Waals surface area contributed by atoms with Crippen LogP contribution in [-0.2, 0) is 6.18 Å². The van der Waals surface area contributed by atoms with E-state index in [4.69, 9.17) is 9.83 Å². The number of amides is 1. The van der Waals surface area contributed by atoms with Crippen LogP contribution in [-0.4, -0.2) is 11.0 Å². The lowest BCUT2D eigenvalue weighted by atomic mass is 10.1. The lowest BCUT2D eigenvalue weighted by Gasteiger charge is -2.13. The number of benzene rings is 2. The van der Waals surface area contributed by atoms with E-state index in [0.29, 0.717) is 5.39 Å². The number of alkyl halides is 3. The van der Waals surface area contributed by atoms with Crippen LogP contribution < -0.4 is 10.9 Å². The fraction of sp³-hybridized carbons (Fsp3) is 0.0588. The smallest absolute Gasteiger partial charge is 0.418 e. The summed E-state index contributed by atoms with van der Waals surface area (Å²) in [5, 5.41) is 19.9. The highest BCUT2D eigenvalue weighted by Gasteiger charge is 2.33. The molecule has 8 heteroatoms. The monoisotopic (exact) mass is 348 g/mol. The number of para-hydroxylation sites is 2. The molecule has 0 saturated heterocycles. The van der Waals surface area contributed by atoms with E-state index >= 15 is 0 Å². The normalized spacial score (nSPS) is 11.5. The second-order valence-corrected chi connectivity index (χ2v) is 5.18. The number of hydrogen-bond donors (Lipinski definition) is 3. The van der Waals surface area contributed by atoms with Crippen LogP contribution in [0.15, 0.2) is 52.9 Å². The number of aromatic hydroxyl groups is 1. The van der Waals surface area contributed by atoms with Crippen LogP contribution in [0, 0.1) is 5.41 Å². The van der Waals surface area contributed by atoms with Crippen molar-refractivity contribution < 1.29 is 27.5 Å². The van der Waals surface area contributed by atoms with Gasteiger partial charge in [-0.15, -0.1) is 0 Å². The van der Waals surface area contributed by atoms with Gasteiger partial charge in [-0.3, -0.25) is 10.2 Å². The third-order valence-corrected chi connectivity index (χ3v) is 3.50. The van der Waals surface area contributed by atoms with Gasteiger partial charge in [-0.1, -0.05) is 24.3 Å². The Morgan fingerprint density at radius 2 is 1.84 bits per heavy atom. The largest absolute Gasteiger partial charge is 0.504 e. The Hall–Kier alpha value is -3.29. The van der Waals surface area contributed by atoms with E-state index in [9.17, 15) is 23.1 Å². The first-order valence-electron chi connectivity index (χ1n) is 7.05. The highest BCUT2D eigenvalue weighted by molar-refractivity contribution is 6.05. The predicted molar refractivity (Wildman–Crippen MR) is 83.1 cm³/mol. The van der Waals surface area contributed by atoms with Crippen LogP contribution in [0.2, 0.25) is 0 Å². The van der Waals surface area contributed by atoms with Crippen LogP contribution in [0.25, 0.3) is 11.0 Å². The summed E-state index contributed by atoms with van der Waals surface area (Å²) < 4.78 is 44.1. The van der Waals surface area contributed by atoms with Crippen molar-refractivity contribution in [3.05, 3.63) is 65.2 Å². The van der Waals surface area contributed by atoms with Crippen LogP contribution in [0.5, 0.6) is 5.75 Å². The molecule has 128 valence electrons. The highest BCUT2D eigenvalue weighted by Crippen LogP contribution is 2.34. The van der Waals surface area contributed by atoms with E-state index < -0.39 is 28.9 Å². The molecule has 0 unspecified atom stereocenters. The molecule has 0 aliphatic heterocycles. The van der Waals surface area contributed by atoms with Crippen LogP contribution in [0.4, 0.5) is 18.9 Å². The molecule has 0 spiro atoms. The van der Waals surface area contributed by atoms with Gasteiger partial charge in [0.2, 0.25) is 5.55 Å². The minimum Gasteiger partial charge on any atom is -0.504 e. The Balaban J connectivity index is 2.02. The van der Waals surface area contributed by atoms with E-state index in [0.717, 1.165) is 12.1 Å². The van der Waals surface area contributed by atoms with Gasteiger partial charge in [-0.05, 0) is 24.3 Å². The lowest BCUT2D eigenvalue weighted by Crippen LogP contribution is -2.22. The molecule has 0 bridgehead atoms. The molecule has 3 rings (SSSR count). The number of anilines is 1. The SMILES string of the molecule is N=c1oc2c(O)cccc2cc1C(=O)Nc1ccccc1C(F)(F)F. The second kappa shape index (κ2) is 5.97. The Morgan fingerprint density at radius 1 is 1.12 bits per heavy atom. The number of carbonyl (C=O) groups excluding carboxylic acids is 1. The van der Waals surface area contributed by atoms with Crippen molar-refractivity contribution in [2.45, 2.75) is 6.18 Å². The van der Waals surface area contributed by atoms with Crippen molar-refractivity contribution in [2.75, 3.05) is 5.32 Å². The molecule has 25 heavy (non-hydrogen) atoms. The number of phenolic OH excluding ortho intramolecular Hbond substituents is 1. The van der Waals surface area contributed by atoms with Gasteiger partial charge in [0.15, 0.2) is 11.3 Å². The zero-order chi connectivity index (χ0) is 18.2. The van der Waals surface area contributed by atoms with Crippen LogP contribution in [0.3, 0.4) is 0 Å². The molecule has 1 amide bonds. The molecule has 2 aromatic carbocycles. The Bertz CT molecular complexity index is 1030. The summed E-state index contributed by atoms with van der Waals surface area (Å²) in [7, 11) is 0. The number of rotatable bonds is 2. The van der Waals surface area contributed by atoms with E-state index in [1.807, 2.05) is 0 Å². The van der Waals surface area contributed by atoms with Gasteiger partial charge < -0.3 is 14.8 Å². The highest BCUT2D eigenvalue weighted by atomic mass is 19.4. The summed E-state index contributed by atoms with van der Waals surface area (Å²) in [5.41, 5.74) is -2.23. The number of fused-ring (bicyclic) bond motifs is 1. The van der Waals surface area contributed by atoms with Crippen molar-refractivity contribution in [3.63, 3.8) is 0 Å². The summed E-state index contributed by atoms with van der Waals surface area (Å²) in [6.45, 7) is 0. The van der Waals surface area contributed by atoms with E-state index in [1.54, 1.807) is 6.07 Å². The van der Waals surface area contributed by atoms with Gasteiger partial charge in [-0.25, -0.2) is 0 Å². The molecule has 3 N–H and O–H groups in total. The maximum absolute atomic E-state index is 13.0. The lowest BCUT2D eigenvalue weighted by molar-refractivity contribution is -0.136. The quantitative estimate of drug-likeness (QED) is 0.657. The average molecular weight is 348 g/mol. The molecule has 5 nitrogen and oxygen atoms in total. The zero-order valence-corrected chi connectivity index (χ0v) is 12.5. The maximum atomic E-state index is 13.0. The molecule has 1 heterocycles. The standard InChI is InChI=1S/C17H11F3N2O3/c18-17(19,20)11-5-1-2-6-12(11)22-16(24)10-8-9-4-3-7-13(23)14(9)25-15(10)21/h1-8,21,23H,(H,22,24). The van der Waals surface area contributed by atoms with Gasteiger partial charge in [0.25, 0.3) is 5.91 Å². The summed E-state index contributed by atoms with van der Waals surface area (Å²) >= 11 is 0. The van der Waals surface area contributed by atoms with Crippen molar-refractivity contribution >= 4 is 22.6 Å². The zero-order valence-electron chi connectivity index (χ0n) is 12.5. The Labute approximate surface area is 138 Å². The van der Waals surface area contributed by atoms with E-state index in [2.05, 4.69) is 5.32 Å². The summed E-state index contributed by atoms with van der Waals surface area (Å²) in [6.07, 6.45) is -4.63. The molecule has 3 aromatic rings. The van der Waals surface area contributed by atoms with Crippen LogP contribution >= 0.6 is 0 Å². The first-order chi connectivity index (χ1) is 11.8. The van der Waals surface area contributed by atoms with Gasteiger partial charge >= 0.3 is 6.18 Å². The first kappa shape index (κ1) is 16.6. The summed E-state index contributed by atoms with van der Waals surface area (Å²) in [6, 6.07) is 10.2. The molecule has 0 radical (unpaired) electrons. The fourth-order valence-electron chi connectivity index (χ4n) is 2.34. The molecule has 0 aliphatic carbocycles. The molecule has 0 aliphatic rings. The first-order valence-corrected chi connectivity index (χ1v) is 7.05. The third-order valence-electron chi connectivity index (χ3n) is 3.50. The minimum atomic E-state index is -4.63. The van der Waals surface area contributed by atoms with Gasteiger partial charge in [0, 0.05) is 5.39 Å². The number of halogens is 3. The van der Waals surface area contributed by atoms with Crippen molar-refractivity contribution in [1.29, 1.82) is 5.41 Å². The second-order valence-electron chi connectivity index (χ2n) is 5.18. The fourth-order valence-corrected chi connectivity index (χ4v) is 2.34. The van der Waals surface area contributed by atoms with E-state index in [-0.39, 0.29) is 16.9 Å². The molecule has 1 aromatic heterocycles. The topological polar surface area (TPSA) is 86.3 Å². The molecule has 0 fully saturated rings. The number of hydrogen-bond acceptors (Lipinski definition) is 4. The molecular weight excluding hydrogens is 337 g/mol.